The zero-order valence-electron chi connectivity index (χ0n) is 8.33. The molecule has 0 aliphatic carbocycles. The first-order chi connectivity index (χ1) is 7.27. The Balaban J connectivity index is 2.32. The quantitative estimate of drug-likeness (QED) is 0.794. The molecule has 0 radical (unpaired) electrons. The maximum absolute atomic E-state index is 9.95. The van der Waals surface area contributed by atoms with Crippen molar-refractivity contribution < 1.29 is 5.11 Å². The summed E-state index contributed by atoms with van der Waals surface area (Å²) in [5.41, 5.74) is 2.16. The lowest BCUT2D eigenvalue weighted by Gasteiger charge is -2.08. The zero-order valence-corrected chi connectivity index (χ0v) is 8.33. The average Bonchev–Trinajstić information content (AvgIpc) is 2.29. The van der Waals surface area contributed by atoms with E-state index in [1.165, 1.54) is 6.20 Å². The molecule has 0 aliphatic heterocycles. The Morgan fingerprint density at radius 2 is 1.93 bits per heavy atom. The number of aromatic nitrogens is 3. The molecule has 2 aromatic heterocycles. The van der Waals surface area contributed by atoms with E-state index in [0.717, 1.165) is 5.56 Å². The molecule has 0 saturated carbocycles. The number of nitrogens with zero attached hydrogens (tertiary/aromatic N) is 3. The minimum atomic E-state index is -0.807. The van der Waals surface area contributed by atoms with Gasteiger partial charge in [0.25, 0.3) is 0 Å². The van der Waals surface area contributed by atoms with E-state index >= 15 is 0 Å². The minimum absolute atomic E-state index is 0.510. The van der Waals surface area contributed by atoms with E-state index in [9.17, 15) is 5.11 Å². The summed E-state index contributed by atoms with van der Waals surface area (Å²) >= 11 is 0. The Kier molecular flexibility index (Phi) is 2.69. The minimum Gasteiger partial charge on any atom is -0.380 e. The molecule has 0 saturated heterocycles. The van der Waals surface area contributed by atoms with Crippen LogP contribution in [0.25, 0.3) is 0 Å². The number of aliphatic hydroxyl groups is 1. The highest BCUT2D eigenvalue weighted by Gasteiger charge is 2.12. The van der Waals surface area contributed by atoms with Crippen molar-refractivity contribution in [3.8, 4) is 0 Å². The lowest BCUT2D eigenvalue weighted by atomic mass is 10.1. The molecule has 1 atom stereocenters. The Morgan fingerprint density at radius 3 is 2.60 bits per heavy atom. The molecule has 1 unspecified atom stereocenters. The first kappa shape index (κ1) is 9.73. The van der Waals surface area contributed by atoms with Crippen LogP contribution in [0.15, 0.2) is 36.9 Å². The van der Waals surface area contributed by atoms with Crippen LogP contribution in [0.1, 0.15) is 23.1 Å². The van der Waals surface area contributed by atoms with Crippen molar-refractivity contribution in [2.75, 3.05) is 0 Å². The normalized spacial score (nSPS) is 12.4. The molecule has 1 N–H and O–H groups in total. The van der Waals surface area contributed by atoms with E-state index in [2.05, 4.69) is 15.0 Å². The molecule has 2 rings (SSSR count). The van der Waals surface area contributed by atoms with Gasteiger partial charge in [-0.25, -0.2) is 0 Å². The Labute approximate surface area is 87.7 Å². The number of aryl methyl sites for hydroxylation is 1. The van der Waals surface area contributed by atoms with E-state index in [1.807, 2.05) is 19.1 Å². The lowest BCUT2D eigenvalue weighted by Crippen LogP contribution is -2.04. The smallest absolute Gasteiger partial charge is 0.139 e. The van der Waals surface area contributed by atoms with Crippen LogP contribution in [0.2, 0.25) is 0 Å². The van der Waals surface area contributed by atoms with Gasteiger partial charge in [-0.15, -0.1) is 0 Å². The van der Waals surface area contributed by atoms with Crippen molar-refractivity contribution in [1.82, 2.24) is 15.0 Å². The average molecular weight is 201 g/mol. The van der Waals surface area contributed by atoms with Crippen molar-refractivity contribution in [3.63, 3.8) is 0 Å². The maximum atomic E-state index is 9.95. The summed E-state index contributed by atoms with van der Waals surface area (Å²) in [6.07, 6.45) is 5.52. The SMILES string of the molecule is Cc1ccnc(C(O)c2cnccn2)c1. The molecule has 2 aromatic rings. The van der Waals surface area contributed by atoms with E-state index in [4.69, 9.17) is 0 Å². The van der Waals surface area contributed by atoms with Gasteiger partial charge in [-0.3, -0.25) is 15.0 Å². The second kappa shape index (κ2) is 4.14. The summed E-state index contributed by atoms with van der Waals surface area (Å²) in [6.45, 7) is 1.95. The van der Waals surface area contributed by atoms with Gasteiger partial charge in [0.05, 0.1) is 17.6 Å². The van der Waals surface area contributed by atoms with E-state index in [-0.39, 0.29) is 0 Å². The first-order valence-electron chi connectivity index (χ1n) is 4.64. The van der Waals surface area contributed by atoms with Gasteiger partial charge in [0, 0.05) is 18.6 Å². The van der Waals surface area contributed by atoms with Crippen molar-refractivity contribution in [3.05, 3.63) is 53.9 Å². The molecular weight excluding hydrogens is 190 g/mol. The molecule has 2 heterocycles. The maximum Gasteiger partial charge on any atom is 0.139 e. The Hall–Kier alpha value is -1.81. The largest absolute Gasteiger partial charge is 0.380 e. The van der Waals surface area contributed by atoms with Crippen LogP contribution in [0.3, 0.4) is 0 Å². The fraction of sp³-hybridized carbons (Fsp3) is 0.182. The summed E-state index contributed by atoms with van der Waals surface area (Å²) < 4.78 is 0. The van der Waals surface area contributed by atoms with Crippen molar-refractivity contribution in [2.45, 2.75) is 13.0 Å². The summed E-state index contributed by atoms with van der Waals surface area (Å²) in [4.78, 5) is 12.0. The van der Waals surface area contributed by atoms with Crippen LogP contribution in [0.5, 0.6) is 0 Å². The van der Waals surface area contributed by atoms with Gasteiger partial charge >= 0.3 is 0 Å². The Morgan fingerprint density at radius 1 is 1.13 bits per heavy atom. The molecular formula is C11H11N3O. The van der Waals surface area contributed by atoms with E-state index in [0.29, 0.717) is 11.4 Å². The highest BCUT2D eigenvalue weighted by molar-refractivity contribution is 5.21. The second-order valence-corrected chi connectivity index (χ2v) is 3.29. The molecule has 0 fully saturated rings. The van der Waals surface area contributed by atoms with Crippen LogP contribution in [-0.4, -0.2) is 20.1 Å². The molecule has 0 aliphatic rings. The van der Waals surface area contributed by atoms with E-state index in [1.54, 1.807) is 18.6 Å². The summed E-state index contributed by atoms with van der Waals surface area (Å²) in [5, 5.41) is 9.95. The number of pyridine rings is 1. The Bertz CT molecular complexity index is 445. The number of hydrogen-bond donors (Lipinski definition) is 1. The third-order valence-corrected chi connectivity index (χ3v) is 2.08. The number of hydrogen-bond acceptors (Lipinski definition) is 4. The first-order valence-corrected chi connectivity index (χ1v) is 4.64. The molecule has 76 valence electrons. The molecule has 0 spiro atoms. The highest BCUT2D eigenvalue weighted by atomic mass is 16.3. The van der Waals surface area contributed by atoms with Crippen molar-refractivity contribution >= 4 is 0 Å². The predicted molar refractivity (Wildman–Crippen MR) is 55.1 cm³/mol. The highest BCUT2D eigenvalue weighted by Crippen LogP contribution is 2.17. The summed E-state index contributed by atoms with van der Waals surface area (Å²) in [6, 6.07) is 3.71. The van der Waals surface area contributed by atoms with Gasteiger partial charge in [0.2, 0.25) is 0 Å². The second-order valence-electron chi connectivity index (χ2n) is 3.29. The van der Waals surface area contributed by atoms with Crippen LogP contribution in [-0.2, 0) is 0 Å². The van der Waals surface area contributed by atoms with Gasteiger partial charge in [-0.1, -0.05) is 0 Å². The fourth-order valence-electron chi connectivity index (χ4n) is 1.31. The van der Waals surface area contributed by atoms with Crippen LogP contribution in [0.4, 0.5) is 0 Å². The van der Waals surface area contributed by atoms with E-state index < -0.39 is 6.10 Å². The van der Waals surface area contributed by atoms with Crippen LogP contribution < -0.4 is 0 Å². The fourth-order valence-corrected chi connectivity index (χ4v) is 1.31. The molecule has 4 heteroatoms. The summed E-state index contributed by atoms with van der Waals surface area (Å²) in [5.74, 6) is 0. The predicted octanol–water partition coefficient (Wildman–Crippen LogP) is 1.26. The molecule has 15 heavy (non-hydrogen) atoms. The van der Waals surface area contributed by atoms with Crippen LogP contribution >= 0.6 is 0 Å². The van der Waals surface area contributed by atoms with Gasteiger partial charge in [0.15, 0.2) is 0 Å². The van der Waals surface area contributed by atoms with Crippen LogP contribution in [0, 0.1) is 6.92 Å². The third kappa shape index (κ3) is 2.16. The van der Waals surface area contributed by atoms with Crippen molar-refractivity contribution in [2.24, 2.45) is 0 Å². The van der Waals surface area contributed by atoms with Gasteiger partial charge in [-0.2, -0.15) is 0 Å². The van der Waals surface area contributed by atoms with Gasteiger partial charge < -0.3 is 5.11 Å². The molecule has 0 amide bonds. The third-order valence-electron chi connectivity index (χ3n) is 2.08. The van der Waals surface area contributed by atoms with Gasteiger partial charge in [0.1, 0.15) is 6.10 Å². The zero-order chi connectivity index (χ0) is 10.7. The van der Waals surface area contributed by atoms with Crippen molar-refractivity contribution in [1.29, 1.82) is 0 Å². The lowest BCUT2D eigenvalue weighted by molar-refractivity contribution is 0.210. The molecule has 0 bridgehead atoms. The number of aliphatic hydroxyl groups excluding tert-OH is 1. The standard InChI is InChI=1S/C11H11N3O/c1-8-2-3-13-9(6-8)11(15)10-7-12-4-5-14-10/h2-7,11,15H,1H3. The molecule has 0 aromatic carbocycles. The number of rotatable bonds is 2. The van der Waals surface area contributed by atoms with Gasteiger partial charge in [-0.05, 0) is 24.6 Å². The monoisotopic (exact) mass is 201 g/mol. The molecule has 4 nitrogen and oxygen atoms in total. The topological polar surface area (TPSA) is 58.9 Å². The summed E-state index contributed by atoms with van der Waals surface area (Å²) in [7, 11) is 0.